The minimum atomic E-state index is -4.58. The highest BCUT2D eigenvalue weighted by atomic mass is 19.4. The zero-order valence-electron chi connectivity index (χ0n) is 16.4. The lowest BCUT2D eigenvalue weighted by Gasteiger charge is -2.29. The van der Waals surface area contributed by atoms with Gasteiger partial charge in [-0.1, -0.05) is 0 Å². The molecule has 10 heteroatoms. The summed E-state index contributed by atoms with van der Waals surface area (Å²) in [6.45, 7) is 0. The lowest BCUT2D eigenvalue weighted by Crippen LogP contribution is -2.33. The van der Waals surface area contributed by atoms with E-state index in [1.54, 1.807) is 16.9 Å². The van der Waals surface area contributed by atoms with Gasteiger partial charge in [0.15, 0.2) is 0 Å². The first-order valence-electron chi connectivity index (χ1n) is 10.0. The first kappa shape index (κ1) is 19.7. The molecule has 4 aromatic rings. The Labute approximate surface area is 175 Å². The average Bonchev–Trinajstić information content (AvgIpc) is 3.17. The van der Waals surface area contributed by atoms with E-state index in [9.17, 15) is 13.2 Å². The van der Waals surface area contributed by atoms with E-state index in [0.717, 1.165) is 27.8 Å². The summed E-state index contributed by atoms with van der Waals surface area (Å²) in [5.41, 5.74) is 4.15. The van der Waals surface area contributed by atoms with Crippen molar-refractivity contribution in [2.24, 2.45) is 0 Å². The Hall–Kier alpha value is -3.27. The van der Waals surface area contributed by atoms with Crippen molar-refractivity contribution < 1.29 is 17.9 Å². The summed E-state index contributed by atoms with van der Waals surface area (Å²) in [6, 6.07) is 9.54. The number of hydrogen-bond acceptors (Lipinski definition) is 6. The van der Waals surface area contributed by atoms with E-state index < -0.39 is 12.5 Å². The fourth-order valence-electron chi connectivity index (χ4n) is 3.99. The molecule has 0 aliphatic heterocycles. The number of nitrogens with one attached hydrogen (secondary N) is 1. The van der Waals surface area contributed by atoms with Gasteiger partial charge in [0.05, 0.1) is 34.5 Å². The van der Waals surface area contributed by atoms with Crippen LogP contribution in [0.25, 0.3) is 27.8 Å². The van der Waals surface area contributed by atoms with Gasteiger partial charge in [-0.25, -0.2) is 14.5 Å². The fourth-order valence-corrected chi connectivity index (χ4v) is 3.99. The van der Waals surface area contributed by atoms with E-state index in [0.29, 0.717) is 31.6 Å². The van der Waals surface area contributed by atoms with Gasteiger partial charge in [-0.3, -0.25) is 9.72 Å². The Morgan fingerprint density at radius 2 is 1.84 bits per heavy atom. The number of halogens is 3. The summed E-state index contributed by atoms with van der Waals surface area (Å²) in [7, 11) is 0. The molecule has 1 fully saturated rings. The highest BCUT2D eigenvalue weighted by Gasteiger charge is 2.35. The number of alkyl halides is 3. The van der Waals surface area contributed by atoms with Crippen LogP contribution >= 0.6 is 0 Å². The van der Waals surface area contributed by atoms with Gasteiger partial charge in [-0.2, -0.15) is 0 Å². The highest BCUT2D eigenvalue weighted by Crippen LogP contribution is 2.29. The quantitative estimate of drug-likeness (QED) is 0.512. The average molecular weight is 428 g/mol. The van der Waals surface area contributed by atoms with Crippen LogP contribution in [0.5, 0.6) is 0 Å². The van der Waals surface area contributed by atoms with Crippen LogP contribution in [0.3, 0.4) is 0 Å². The summed E-state index contributed by atoms with van der Waals surface area (Å²) >= 11 is 0. The van der Waals surface area contributed by atoms with Crippen molar-refractivity contribution in [3.8, 4) is 11.3 Å². The van der Waals surface area contributed by atoms with Gasteiger partial charge >= 0.3 is 6.36 Å². The molecule has 0 radical (unpaired) electrons. The van der Waals surface area contributed by atoms with Gasteiger partial charge in [0.2, 0.25) is 5.95 Å². The monoisotopic (exact) mass is 428 g/mol. The number of fused-ring (bicyclic) bond motifs is 2. The van der Waals surface area contributed by atoms with Crippen molar-refractivity contribution in [3.05, 3.63) is 48.9 Å². The van der Waals surface area contributed by atoms with Crippen LogP contribution in [0.4, 0.5) is 19.1 Å². The molecule has 0 unspecified atom stereocenters. The van der Waals surface area contributed by atoms with E-state index in [-0.39, 0.29) is 6.04 Å². The molecule has 4 heterocycles. The highest BCUT2D eigenvalue weighted by molar-refractivity contribution is 5.83. The van der Waals surface area contributed by atoms with E-state index in [2.05, 4.69) is 30.1 Å². The van der Waals surface area contributed by atoms with Gasteiger partial charge in [0.1, 0.15) is 0 Å². The van der Waals surface area contributed by atoms with Gasteiger partial charge in [0, 0.05) is 24.0 Å². The molecule has 0 spiro atoms. The summed E-state index contributed by atoms with van der Waals surface area (Å²) in [5.74, 6) is 0.436. The maximum Gasteiger partial charge on any atom is 0.522 e. The topological polar surface area (TPSA) is 77.2 Å². The number of nitrogens with zero attached hydrogens (tertiary/aromatic N) is 5. The smallest absolute Gasteiger partial charge is 0.350 e. The number of aromatic nitrogens is 5. The third kappa shape index (κ3) is 4.29. The molecule has 160 valence electrons. The Bertz CT molecular complexity index is 1220. The van der Waals surface area contributed by atoms with Crippen molar-refractivity contribution in [2.75, 3.05) is 5.32 Å². The van der Waals surface area contributed by atoms with Crippen LogP contribution in [0.15, 0.2) is 48.9 Å². The number of rotatable bonds is 4. The van der Waals surface area contributed by atoms with Gasteiger partial charge < -0.3 is 5.32 Å². The Morgan fingerprint density at radius 1 is 1.00 bits per heavy atom. The van der Waals surface area contributed by atoms with Crippen molar-refractivity contribution in [3.63, 3.8) is 0 Å². The molecule has 1 aliphatic rings. The van der Waals surface area contributed by atoms with Crippen LogP contribution in [0, 0.1) is 0 Å². The molecule has 0 amide bonds. The number of hydrogen-bond donors (Lipinski definition) is 1. The molecular formula is C21H19F3N6O. The Kier molecular flexibility index (Phi) is 4.93. The van der Waals surface area contributed by atoms with Gasteiger partial charge in [0.25, 0.3) is 0 Å². The van der Waals surface area contributed by atoms with Crippen LogP contribution < -0.4 is 5.32 Å². The summed E-state index contributed by atoms with van der Waals surface area (Å²) in [4.78, 5) is 13.4. The van der Waals surface area contributed by atoms with Gasteiger partial charge in [-0.05, 0) is 56.0 Å². The van der Waals surface area contributed by atoms with E-state index in [1.807, 2.05) is 36.5 Å². The first-order valence-corrected chi connectivity index (χ1v) is 10.0. The second kappa shape index (κ2) is 7.77. The second-order valence-corrected chi connectivity index (χ2v) is 7.56. The lowest BCUT2D eigenvalue weighted by molar-refractivity contribution is -0.345. The first-order chi connectivity index (χ1) is 14.9. The predicted molar refractivity (Wildman–Crippen MR) is 108 cm³/mol. The zero-order valence-corrected chi connectivity index (χ0v) is 16.4. The van der Waals surface area contributed by atoms with Crippen molar-refractivity contribution >= 4 is 22.5 Å². The molecule has 0 saturated heterocycles. The molecule has 0 aromatic carbocycles. The second-order valence-electron chi connectivity index (χ2n) is 7.56. The number of ether oxygens (including phenoxy) is 1. The molecular weight excluding hydrogens is 409 g/mol. The van der Waals surface area contributed by atoms with Gasteiger partial charge in [-0.15, -0.1) is 18.3 Å². The summed E-state index contributed by atoms with van der Waals surface area (Å²) in [5, 5.41) is 7.73. The van der Waals surface area contributed by atoms with Crippen molar-refractivity contribution in [1.82, 2.24) is 24.6 Å². The van der Waals surface area contributed by atoms with Crippen LogP contribution in [-0.4, -0.2) is 43.1 Å². The Balaban J connectivity index is 1.30. The molecule has 1 N–H and O–H groups in total. The third-order valence-electron chi connectivity index (χ3n) is 5.46. The van der Waals surface area contributed by atoms with Crippen molar-refractivity contribution in [1.29, 1.82) is 0 Å². The number of anilines is 1. The van der Waals surface area contributed by atoms with E-state index in [4.69, 9.17) is 0 Å². The maximum atomic E-state index is 12.4. The number of pyridine rings is 2. The zero-order chi connectivity index (χ0) is 21.4. The molecule has 31 heavy (non-hydrogen) atoms. The minimum absolute atomic E-state index is 0.00946. The third-order valence-corrected chi connectivity index (χ3v) is 5.46. The van der Waals surface area contributed by atoms with Crippen LogP contribution in [-0.2, 0) is 4.74 Å². The molecule has 1 saturated carbocycles. The van der Waals surface area contributed by atoms with Crippen molar-refractivity contribution in [2.45, 2.75) is 44.2 Å². The minimum Gasteiger partial charge on any atom is -0.350 e. The van der Waals surface area contributed by atoms with Crippen LogP contribution in [0.2, 0.25) is 0 Å². The molecule has 0 atom stereocenters. The molecule has 5 rings (SSSR count). The normalized spacial score (nSPS) is 19.7. The van der Waals surface area contributed by atoms with E-state index >= 15 is 0 Å². The maximum absolute atomic E-state index is 12.4. The molecule has 1 aliphatic carbocycles. The Morgan fingerprint density at radius 3 is 2.65 bits per heavy atom. The lowest BCUT2D eigenvalue weighted by atomic mass is 9.93. The fraction of sp³-hybridized carbons (Fsp3) is 0.333. The predicted octanol–water partition coefficient (Wildman–Crippen LogP) is 4.60. The van der Waals surface area contributed by atoms with Crippen LogP contribution in [0.1, 0.15) is 25.7 Å². The summed E-state index contributed by atoms with van der Waals surface area (Å²) in [6.07, 6.45) is 1.74. The van der Waals surface area contributed by atoms with E-state index in [1.165, 1.54) is 0 Å². The largest absolute Gasteiger partial charge is 0.522 e. The standard InChI is InChI=1S/C21H19F3N6O/c22-21(23,24)31-14-5-3-13(4-6-14)27-20-26-12-19-15(9-11-30(19)29-20)16-7-8-17-18(28-16)2-1-10-25-17/h1-2,7-14H,3-6H2,(H,27,29). The molecule has 7 nitrogen and oxygen atoms in total. The molecule has 0 bridgehead atoms. The summed E-state index contributed by atoms with van der Waals surface area (Å²) < 4.78 is 43.0. The SMILES string of the molecule is FC(F)(F)OC1CCC(Nc2ncc3c(-c4ccc5ncccc5n4)ccn3n2)CC1. The molecule has 4 aromatic heterocycles.